The Morgan fingerprint density at radius 1 is 1.46 bits per heavy atom. The fourth-order valence-electron chi connectivity index (χ4n) is 1.19. The lowest BCUT2D eigenvalue weighted by molar-refractivity contribution is 0.101. The lowest BCUT2D eigenvalue weighted by atomic mass is 10.0. The molecule has 1 aromatic rings. The summed E-state index contributed by atoms with van der Waals surface area (Å²) in [6.45, 7) is 3.30. The maximum Gasteiger partial charge on any atom is 0.160 e. The van der Waals surface area contributed by atoms with Crippen LogP contribution in [0.5, 0.6) is 0 Å². The van der Waals surface area contributed by atoms with E-state index in [0.29, 0.717) is 11.1 Å². The van der Waals surface area contributed by atoms with Crippen LogP contribution in [-0.4, -0.2) is 12.1 Å². The summed E-state index contributed by atoms with van der Waals surface area (Å²) in [5, 5.41) is 0. The smallest absolute Gasteiger partial charge is 0.160 e. The maximum absolute atomic E-state index is 11.2. The number of rotatable bonds is 2. The van der Waals surface area contributed by atoms with Gasteiger partial charge in [0.1, 0.15) is 6.29 Å². The van der Waals surface area contributed by atoms with Crippen LogP contribution in [0, 0.1) is 10.5 Å². The topological polar surface area (TPSA) is 34.1 Å². The fourth-order valence-corrected chi connectivity index (χ4v) is 1.84. The van der Waals surface area contributed by atoms with Gasteiger partial charge in [-0.2, -0.15) is 0 Å². The molecular weight excluding hydrogens is 279 g/mol. The zero-order valence-electron chi connectivity index (χ0n) is 7.43. The number of Topliss-reactive ketones (excluding diaryl/α,β-unsaturated/α-hetero) is 1. The molecule has 1 rings (SSSR count). The second kappa shape index (κ2) is 4.00. The number of ketones is 1. The molecule has 0 bridgehead atoms. The van der Waals surface area contributed by atoms with Crippen LogP contribution in [0.1, 0.15) is 33.2 Å². The molecule has 0 amide bonds. The van der Waals surface area contributed by atoms with Crippen LogP contribution < -0.4 is 0 Å². The van der Waals surface area contributed by atoms with E-state index in [9.17, 15) is 9.59 Å². The molecule has 0 atom stereocenters. The molecule has 13 heavy (non-hydrogen) atoms. The summed E-state index contributed by atoms with van der Waals surface area (Å²) in [4.78, 5) is 21.8. The third-order valence-electron chi connectivity index (χ3n) is 1.92. The van der Waals surface area contributed by atoms with Gasteiger partial charge in [-0.25, -0.2) is 0 Å². The van der Waals surface area contributed by atoms with Gasteiger partial charge in [-0.05, 0) is 54.1 Å². The Labute approximate surface area is 90.5 Å². The maximum atomic E-state index is 11.2. The predicted octanol–water partition coefficient (Wildman–Crippen LogP) is 2.61. The van der Waals surface area contributed by atoms with Crippen molar-refractivity contribution < 1.29 is 9.59 Å². The highest BCUT2D eigenvalue weighted by Crippen LogP contribution is 2.17. The molecule has 1 aromatic carbocycles. The van der Waals surface area contributed by atoms with Crippen molar-refractivity contribution in [3.8, 4) is 0 Å². The normalized spacial score (nSPS) is 9.77. The molecular formula is C10H9IO2. The Bertz CT molecular complexity index is 369. The van der Waals surface area contributed by atoms with E-state index >= 15 is 0 Å². The summed E-state index contributed by atoms with van der Waals surface area (Å²) in [6, 6.07) is 3.57. The minimum atomic E-state index is -0.000819. The van der Waals surface area contributed by atoms with Crippen molar-refractivity contribution in [3.05, 3.63) is 32.4 Å². The SMILES string of the molecule is CC(=O)c1cc(I)cc(C=O)c1C. The predicted molar refractivity (Wildman–Crippen MR) is 59.3 cm³/mol. The fraction of sp³-hybridized carbons (Fsp3) is 0.200. The van der Waals surface area contributed by atoms with Gasteiger partial charge < -0.3 is 0 Å². The van der Waals surface area contributed by atoms with E-state index in [1.165, 1.54) is 6.92 Å². The van der Waals surface area contributed by atoms with Crippen LogP contribution in [0.3, 0.4) is 0 Å². The first-order chi connectivity index (χ1) is 6.06. The third kappa shape index (κ3) is 2.15. The summed E-state index contributed by atoms with van der Waals surface area (Å²) >= 11 is 2.09. The van der Waals surface area contributed by atoms with Crippen LogP contribution in [0.25, 0.3) is 0 Å². The van der Waals surface area contributed by atoms with Crippen LogP contribution in [0.2, 0.25) is 0 Å². The van der Waals surface area contributed by atoms with Gasteiger partial charge in [0.05, 0.1) is 0 Å². The van der Waals surface area contributed by atoms with Crippen molar-refractivity contribution in [3.63, 3.8) is 0 Å². The Balaban J connectivity index is 3.44. The highest BCUT2D eigenvalue weighted by Gasteiger charge is 2.08. The molecule has 0 heterocycles. The van der Waals surface area contributed by atoms with Gasteiger partial charge in [-0.3, -0.25) is 9.59 Å². The van der Waals surface area contributed by atoms with Gasteiger partial charge in [-0.15, -0.1) is 0 Å². The van der Waals surface area contributed by atoms with Gasteiger partial charge in [-0.1, -0.05) is 0 Å². The van der Waals surface area contributed by atoms with Crippen molar-refractivity contribution in [2.75, 3.05) is 0 Å². The standard InChI is InChI=1S/C10H9IO2/c1-6-8(5-12)3-9(11)4-10(6)7(2)13/h3-5H,1-2H3. The monoisotopic (exact) mass is 288 g/mol. The molecule has 0 aromatic heterocycles. The van der Waals surface area contributed by atoms with Gasteiger partial charge >= 0.3 is 0 Å². The first-order valence-electron chi connectivity index (χ1n) is 3.82. The summed E-state index contributed by atoms with van der Waals surface area (Å²) in [5.41, 5.74) is 1.99. The average molecular weight is 288 g/mol. The Morgan fingerprint density at radius 3 is 2.54 bits per heavy atom. The quantitative estimate of drug-likeness (QED) is 0.476. The minimum absolute atomic E-state index is 0.000819. The van der Waals surface area contributed by atoms with Crippen molar-refractivity contribution in [2.24, 2.45) is 0 Å². The van der Waals surface area contributed by atoms with E-state index < -0.39 is 0 Å². The number of hydrogen-bond acceptors (Lipinski definition) is 2. The number of hydrogen-bond donors (Lipinski definition) is 0. The Hall–Kier alpha value is -0.710. The van der Waals surface area contributed by atoms with Gasteiger partial charge in [0.15, 0.2) is 5.78 Å². The molecule has 68 valence electrons. The summed E-state index contributed by atoms with van der Waals surface area (Å²) < 4.78 is 0.913. The van der Waals surface area contributed by atoms with E-state index in [-0.39, 0.29) is 5.78 Å². The molecule has 0 radical (unpaired) electrons. The molecule has 0 saturated carbocycles. The molecule has 0 unspecified atom stereocenters. The number of aldehydes is 1. The lowest BCUT2D eigenvalue weighted by Gasteiger charge is -2.05. The highest BCUT2D eigenvalue weighted by atomic mass is 127. The molecule has 0 N–H and O–H groups in total. The van der Waals surface area contributed by atoms with Crippen LogP contribution in [0.15, 0.2) is 12.1 Å². The zero-order chi connectivity index (χ0) is 10.0. The summed E-state index contributed by atoms with van der Waals surface area (Å²) in [5.74, 6) is -0.000819. The molecule has 0 saturated heterocycles. The van der Waals surface area contributed by atoms with Crippen LogP contribution >= 0.6 is 22.6 Å². The molecule has 2 nitrogen and oxygen atoms in total. The molecule has 0 aliphatic carbocycles. The van der Waals surface area contributed by atoms with Crippen molar-refractivity contribution in [2.45, 2.75) is 13.8 Å². The van der Waals surface area contributed by atoms with Crippen molar-refractivity contribution >= 4 is 34.7 Å². The second-order valence-electron chi connectivity index (χ2n) is 2.84. The minimum Gasteiger partial charge on any atom is -0.298 e. The molecule has 3 heteroatoms. The highest BCUT2D eigenvalue weighted by molar-refractivity contribution is 14.1. The van der Waals surface area contributed by atoms with Gasteiger partial charge in [0.25, 0.3) is 0 Å². The number of carbonyl (C=O) groups excluding carboxylic acids is 2. The lowest BCUT2D eigenvalue weighted by Crippen LogP contribution is -2.00. The Morgan fingerprint density at radius 2 is 2.08 bits per heavy atom. The van der Waals surface area contributed by atoms with Crippen LogP contribution in [0.4, 0.5) is 0 Å². The number of carbonyl (C=O) groups is 2. The Kier molecular flexibility index (Phi) is 3.19. The average Bonchev–Trinajstić information content (AvgIpc) is 2.08. The molecule has 0 spiro atoms. The summed E-state index contributed by atoms with van der Waals surface area (Å²) in [7, 11) is 0. The van der Waals surface area contributed by atoms with Crippen LogP contribution in [-0.2, 0) is 0 Å². The first kappa shape index (κ1) is 10.4. The zero-order valence-corrected chi connectivity index (χ0v) is 9.58. The van der Waals surface area contributed by atoms with E-state index in [1.54, 1.807) is 19.1 Å². The van der Waals surface area contributed by atoms with E-state index in [1.807, 2.05) is 0 Å². The molecule has 0 fully saturated rings. The summed E-state index contributed by atoms with van der Waals surface area (Å²) in [6.07, 6.45) is 0.782. The second-order valence-corrected chi connectivity index (χ2v) is 4.09. The molecule has 0 aliphatic heterocycles. The number of halogens is 1. The van der Waals surface area contributed by atoms with Crippen molar-refractivity contribution in [1.29, 1.82) is 0 Å². The van der Waals surface area contributed by atoms with Gasteiger partial charge in [0.2, 0.25) is 0 Å². The third-order valence-corrected chi connectivity index (χ3v) is 2.54. The molecule has 0 aliphatic rings. The largest absolute Gasteiger partial charge is 0.298 e. The van der Waals surface area contributed by atoms with E-state index in [2.05, 4.69) is 22.6 Å². The first-order valence-corrected chi connectivity index (χ1v) is 4.90. The van der Waals surface area contributed by atoms with E-state index in [0.717, 1.165) is 15.4 Å². The van der Waals surface area contributed by atoms with E-state index in [4.69, 9.17) is 0 Å². The van der Waals surface area contributed by atoms with Crippen molar-refractivity contribution in [1.82, 2.24) is 0 Å². The number of benzene rings is 1. The van der Waals surface area contributed by atoms with Gasteiger partial charge in [0, 0.05) is 14.7 Å².